The molecule has 1 nitrogen and oxygen atoms in total. The lowest BCUT2D eigenvalue weighted by Gasteiger charge is -2.33. The molecular weight excluding hydrogens is 119 g/mol. The Balaban J connectivity index is 2.45. The van der Waals surface area contributed by atoms with Gasteiger partial charge in [0.25, 0.3) is 0 Å². The maximum Gasteiger partial charge on any atom is 0.162 e. The Morgan fingerprint density at radius 3 is 2.25 bits per heavy atom. The highest BCUT2D eigenvalue weighted by Crippen LogP contribution is 2.45. The van der Waals surface area contributed by atoms with Gasteiger partial charge in [0.1, 0.15) is 0 Å². The molecular formula is C6H11OP. The van der Waals surface area contributed by atoms with Gasteiger partial charge in [-0.25, -0.2) is 0 Å². The lowest BCUT2D eigenvalue weighted by atomic mass is 9.82. The third kappa shape index (κ3) is 0.798. The molecule has 1 fully saturated rings. The summed E-state index contributed by atoms with van der Waals surface area (Å²) in [6.07, 6.45) is 4.71. The first-order valence-corrected chi connectivity index (χ1v) is 3.99. The predicted molar refractivity (Wildman–Crippen MR) is 34.5 cm³/mol. The van der Waals surface area contributed by atoms with E-state index < -0.39 is 0 Å². The van der Waals surface area contributed by atoms with Crippen molar-refractivity contribution in [3.05, 3.63) is 0 Å². The average molecular weight is 130 g/mol. The van der Waals surface area contributed by atoms with Crippen LogP contribution >= 0.6 is 8.46 Å². The molecule has 2 heteroatoms. The molecule has 1 saturated carbocycles. The summed E-state index contributed by atoms with van der Waals surface area (Å²) in [5.74, 6) is 0. The summed E-state index contributed by atoms with van der Waals surface area (Å²) in [4.78, 5) is 0. The molecule has 1 rings (SSSR count). The van der Waals surface area contributed by atoms with E-state index in [1.54, 1.807) is 0 Å². The summed E-state index contributed by atoms with van der Waals surface area (Å²) in [5.41, 5.74) is 0. The number of hydrogen-bond donors (Lipinski definition) is 0. The quantitative estimate of drug-likeness (QED) is 0.525. The molecule has 0 atom stereocenters. The Hall–Kier alpha value is 0.100. The van der Waals surface area contributed by atoms with Crippen LogP contribution in [0.5, 0.6) is 0 Å². The third-order valence-electron chi connectivity index (χ3n) is 2.14. The molecule has 46 valence electrons. The molecule has 1 aliphatic carbocycles. The van der Waals surface area contributed by atoms with E-state index in [0.717, 1.165) is 6.42 Å². The molecule has 0 aliphatic heterocycles. The summed E-state index contributed by atoms with van der Waals surface area (Å²) >= 11 is 0. The molecule has 8 heavy (non-hydrogen) atoms. The van der Waals surface area contributed by atoms with Crippen LogP contribution in [0.2, 0.25) is 0 Å². The summed E-state index contributed by atoms with van der Waals surface area (Å²) in [6, 6.07) is 0. The first-order valence-electron chi connectivity index (χ1n) is 3.17. The van der Waals surface area contributed by atoms with Gasteiger partial charge < -0.3 is 0 Å². The van der Waals surface area contributed by atoms with Gasteiger partial charge in [-0.3, -0.25) is 4.57 Å². The molecule has 0 bridgehead atoms. The van der Waals surface area contributed by atoms with Crippen molar-refractivity contribution in [3.63, 3.8) is 0 Å². The van der Waals surface area contributed by atoms with E-state index in [1.807, 2.05) is 0 Å². The summed E-state index contributed by atoms with van der Waals surface area (Å²) in [5, 5.41) is 0.222. The van der Waals surface area contributed by atoms with Gasteiger partial charge in [0.05, 0.1) is 5.16 Å². The smallest absolute Gasteiger partial charge is 0.162 e. The predicted octanol–water partition coefficient (Wildman–Crippen LogP) is 2.61. The van der Waals surface area contributed by atoms with Gasteiger partial charge in [-0.2, -0.15) is 0 Å². The summed E-state index contributed by atoms with van der Waals surface area (Å²) in [7, 11) is 0.374. The van der Waals surface area contributed by atoms with Crippen LogP contribution in [0.15, 0.2) is 0 Å². The standard InChI is InChI=1S/C6H11OP/c1-2-6(8-7)4-3-5-6/h2-5H2,1H3. The van der Waals surface area contributed by atoms with Crippen molar-refractivity contribution in [1.29, 1.82) is 0 Å². The van der Waals surface area contributed by atoms with E-state index >= 15 is 0 Å². The number of rotatable bonds is 2. The molecule has 0 saturated heterocycles. The fourth-order valence-electron chi connectivity index (χ4n) is 1.09. The van der Waals surface area contributed by atoms with Crippen molar-refractivity contribution in [2.75, 3.05) is 0 Å². The molecule has 1 aliphatic rings. The number of hydrogen-bond acceptors (Lipinski definition) is 1. The fraction of sp³-hybridized carbons (Fsp3) is 1.00. The molecule has 0 N–H and O–H groups in total. The van der Waals surface area contributed by atoms with Gasteiger partial charge in [0, 0.05) is 0 Å². The highest BCUT2D eigenvalue weighted by molar-refractivity contribution is 7.26. The van der Waals surface area contributed by atoms with Gasteiger partial charge in [-0.1, -0.05) is 13.3 Å². The van der Waals surface area contributed by atoms with Crippen LogP contribution in [0.3, 0.4) is 0 Å². The van der Waals surface area contributed by atoms with E-state index in [-0.39, 0.29) is 5.16 Å². The minimum Gasteiger partial charge on any atom is -0.274 e. The van der Waals surface area contributed by atoms with E-state index in [1.165, 1.54) is 19.3 Å². The largest absolute Gasteiger partial charge is 0.274 e. The molecule has 0 aromatic heterocycles. The van der Waals surface area contributed by atoms with Gasteiger partial charge in [0.2, 0.25) is 0 Å². The first-order chi connectivity index (χ1) is 3.83. The maximum atomic E-state index is 10.4. The van der Waals surface area contributed by atoms with Crippen molar-refractivity contribution < 1.29 is 4.57 Å². The minimum atomic E-state index is 0.222. The van der Waals surface area contributed by atoms with Gasteiger partial charge in [0.15, 0.2) is 8.46 Å². The normalized spacial score (nSPS) is 25.1. The summed E-state index contributed by atoms with van der Waals surface area (Å²) in [6.45, 7) is 2.12. The van der Waals surface area contributed by atoms with Crippen molar-refractivity contribution in [2.45, 2.75) is 37.8 Å². The lowest BCUT2D eigenvalue weighted by Crippen LogP contribution is -2.29. The van der Waals surface area contributed by atoms with Crippen LogP contribution < -0.4 is 0 Å². The highest BCUT2D eigenvalue weighted by atomic mass is 31.1. The second-order valence-corrected chi connectivity index (χ2v) is 3.65. The van der Waals surface area contributed by atoms with E-state index in [0.29, 0.717) is 8.46 Å². The SMILES string of the molecule is CCC1(P=O)CCC1. The maximum absolute atomic E-state index is 10.4. The zero-order valence-corrected chi connectivity index (χ0v) is 6.08. The molecule has 0 spiro atoms. The topological polar surface area (TPSA) is 17.1 Å². The Morgan fingerprint density at radius 2 is 2.25 bits per heavy atom. The van der Waals surface area contributed by atoms with Crippen molar-refractivity contribution in [3.8, 4) is 0 Å². The third-order valence-corrected chi connectivity index (χ3v) is 3.29. The second kappa shape index (κ2) is 2.14. The molecule has 0 unspecified atom stereocenters. The minimum absolute atomic E-state index is 0.222. The van der Waals surface area contributed by atoms with Crippen molar-refractivity contribution in [1.82, 2.24) is 0 Å². The molecule has 0 amide bonds. The van der Waals surface area contributed by atoms with Crippen molar-refractivity contribution >= 4 is 8.46 Å². The first kappa shape index (κ1) is 6.22. The Morgan fingerprint density at radius 1 is 1.62 bits per heavy atom. The highest BCUT2D eigenvalue weighted by Gasteiger charge is 2.35. The van der Waals surface area contributed by atoms with Crippen LogP contribution in [0.1, 0.15) is 32.6 Å². The molecule has 0 radical (unpaired) electrons. The van der Waals surface area contributed by atoms with Crippen LogP contribution in [0.4, 0.5) is 0 Å². The zero-order chi connectivity index (χ0) is 6.04. The van der Waals surface area contributed by atoms with E-state index in [4.69, 9.17) is 0 Å². The van der Waals surface area contributed by atoms with Crippen LogP contribution in [-0.2, 0) is 4.57 Å². The lowest BCUT2D eigenvalue weighted by molar-refractivity contribution is 0.339. The molecule has 0 aromatic rings. The molecule has 0 heterocycles. The van der Waals surface area contributed by atoms with Gasteiger partial charge in [-0.05, 0) is 19.3 Å². The zero-order valence-electron chi connectivity index (χ0n) is 5.18. The van der Waals surface area contributed by atoms with Crippen LogP contribution in [-0.4, -0.2) is 5.16 Å². The Labute approximate surface area is 51.7 Å². The Kier molecular flexibility index (Phi) is 1.67. The van der Waals surface area contributed by atoms with Gasteiger partial charge in [-0.15, -0.1) is 0 Å². The van der Waals surface area contributed by atoms with E-state index in [9.17, 15) is 4.57 Å². The van der Waals surface area contributed by atoms with Crippen LogP contribution in [0.25, 0.3) is 0 Å². The monoisotopic (exact) mass is 130 g/mol. The Bertz CT molecular complexity index is 91.2. The van der Waals surface area contributed by atoms with Crippen LogP contribution in [0, 0.1) is 0 Å². The van der Waals surface area contributed by atoms with E-state index in [2.05, 4.69) is 6.92 Å². The average Bonchev–Trinajstić information content (AvgIpc) is 1.67. The molecule has 0 aromatic carbocycles. The van der Waals surface area contributed by atoms with Gasteiger partial charge >= 0.3 is 0 Å². The summed E-state index contributed by atoms with van der Waals surface area (Å²) < 4.78 is 10.4. The van der Waals surface area contributed by atoms with Crippen molar-refractivity contribution in [2.24, 2.45) is 0 Å². The fourth-order valence-corrected chi connectivity index (χ4v) is 1.72. The second-order valence-electron chi connectivity index (χ2n) is 2.52.